The first-order valence-corrected chi connectivity index (χ1v) is 7.40. The molecule has 2 rings (SSSR count). The number of alkyl halides is 1. The van der Waals surface area contributed by atoms with Crippen molar-refractivity contribution in [1.29, 1.82) is 0 Å². The van der Waals surface area contributed by atoms with Crippen LogP contribution in [0.25, 0.3) is 0 Å². The van der Waals surface area contributed by atoms with E-state index in [2.05, 4.69) is 15.9 Å². The highest BCUT2D eigenvalue weighted by Crippen LogP contribution is 2.32. The van der Waals surface area contributed by atoms with Crippen molar-refractivity contribution in [2.75, 3.05) is 19.1 Å². The zero-order valence-corrected chi connectivity index (χ0v) is 13.3. The van der Waals surface area contributed by atoms with E-state index in [1.807, 2.05) is 36.2 Å². The molecule has 110 valence electrons. The normalized spacial score (nSPS) is 10.2. The molecular formula is C15H15BrN2O3. The molecule has 21 heavy (non-hydrogen) atoms. The van der Waals surface area contributed by atoms with E-state index in [9.17, 15) is 10.1 Å². The lowest BCUT2D eigenvalue weighted by Gasteiger charge is -2.22. The number of non-ortho nitro benzene ring substituents is 1. The molecule has 0 aliphatic rings. The maximum absolute atomic E-state index is 10.9. The molecule has 0 fully saturated rings. The molecule has 0 aliphatic carbocycles. The van der Waals surface area contributed by atoms with Gasteiger partial charge in [0.1, 0.15) is 5.75 Å². The van der Waals surface area contributed by atoms with Gasteiger partial charge in [0.05, 0.1) is 12.0 Å². The van der Waals surface area contributed by atoms with Crippen LogP contribution in [0, 0.1) is 10.1 Å². The molecule has 0 spiro atoms. The third-order valence-corrected chi connectivity index (χ3v) is 3.82. The fourth-order valence-electron chi connectivity index (χ4n) is 2.08. The average molecular weight is 351 g/mol. The van der Waals surface area contributed by atoms with Crippen molar-refractivity contribution < 1.29 is 9.66 Å². The third kappa shape index (κ3) is 3.33. The van der Waals surface area contributed by atoms with Gasteiger partial charge < -0.3 is 9.64 Å². The summed E-state index contributed by atoms with van der Waals surface area (Å²) in [4.78, 5) is 12.5. The van der Waals surface area contributed by atoms with Gasteiger partial charge in [-0.2, -0.15) is 0 Å². The van der Waals surface area contributed by atoms with Crippen LogP contribution in [0.1, 0.15) is 5.56 Å². The van der Waals surface area contributed by atoms with E-state index >= 15 is 0 Å². The fourth-order valence-corrected chi connectivity index (χ4v) is 2.53. The standard InChI is InChI=1S/C15H15BrN2O3/c1-17(12-4-3-5-14(9-12)21-2)15-7-6-13(18(19)20)8-11(15)10-16/h3-9H,10H2,1-2H3. The van der Waals surface area contributed by atoms with Crippen molar-refractivity contribution >= 4 is 33.0 Å². The molecule has 0 unspecified atom stereocenters. The Kier molecular flexibility index (Phi) is 4.80. The number of benzene rings is 2. The highest BCUT2D eigenvalue weighted by molar-refractivity contribution is 9.08. The predicted octanol–water partition coefficient (Wildman–Crippen LogP) is 4.27. The van der Waals surface area contributed by atoms with Crippen LogP contribution in [-0.4, -0.2) is 19.1 Å². The molecule has 2 aromatic rings. The number of nitro benzene ring substituents is 1. The number of hydrogen-bond donors (Lipinski definition) is 0. The Morgan fingerprint density at radius 1 is 1.29 bits per heavy atom. The van der Waals surface area contributed by atoms with E-state index in [0.29, 0.717) is 5.33 Å². The number of halogens is 1. The number of hydrogen-bond acceptors (Lipinski definition) is 4. The van der Waals surface area contributed by atoms with Crippen LogP contribution in [0.2, 0.25) is 0 Å². The lowest BCUT2D eigenvalue weighted by atomic mass is 10.1. The van der Waals surface area contributed by atoms with Gasteiger partial charge in [0, 0.05) is 42.0 Å². The molecule has 0 aliphatic heterocycles. The average Bonchev–Trinajstić information content (AvgIpc) is 2.53. The van der Waals surface area contributed by atoms with Gasteiger partial charge in [-0.1, -0.05) is 22.0 Å². The molecular weight excluding hydrogens is 336 g/mol. The van der Waals surface area contributed by atoms with Crippen LogP contribution in [0.3, 0.4) is 0 Å². The van der Waals surface area contributed by atoms with E-state index in [0.717, 1.165) is 22.7 Å². The number of nitrogens with zero attached hydrogens (tertiary/aromatic N) is 2. The summed E-state index contributed by atoms with van der Waals surface area (Å²) in [5.74, 6) is 0.765. The molecule has 0 saturated carbocycles. The van der Waals surface area contributed by atoms with Crippen LogP contribution in [0.5, 0.6) is 5.75 Å². The third-order valence-electron chi connectivity index (χ3n) is 3.22. The van der Waals surface area contributed by atoms with Gasteiger partial charge in [0.15, 0.2) is 0 Å². The van der Waals surface area contributed by atoms with Crippen LogP contribution >= 0.6 is 15.9 Å². The summed E-state index contributed by atoms with van der Waals surface area (Å²) in [6.45, 7) is 0. The summed E-state index contributed by atoms with van der Waals surface area (Å²) in [6.07, 6.45) is 0. The first-order chi connectivity index (χ1) is 10.1. The van der Waals surface area contributed by atoms with Crippen molar-refractivity contribution in [3.05, 3.63) is 58.1 Å². The summed E-state index contributed by atoms with van der Waals surface area (Å²) in [7, 11) is 3.54. The van der Waals surface area contributed by atoms with Crippen LogP contribution in [0.15, 0.2) is 42.5 Å². The van der Waals surface area contributed by atoms with E-state index < -0.39 is 0 Å². The minimum Gasteiger partial charge on any atom is -0.497 e. The van der Waals surface area contributed by atoms with Crippen molar-refractivity contribution in [2.24, 2.45) is 0 Å². The van der Waals surface area contributed by atoms with Gasteiger partial charge in [0.2, 0.25) is 0 Å². The number of methoxy groups -OCH3 is 1. The first kappa shape index (κ1) is 15.3. The van der Waals surface area contributed by atoms with Crippen molar-refractivity contribution in [2.45, 2.75) is 5.33 Å². The van der Waals surface area contributed by atoms with E-state index in [4.69, 9.17) is 4.74 Å². The maximum Gasteiger partial charge on any atom is 0.269 e. The number of rotatable bonds is 5. The molecule has 0 atom stereocenters. The Morgan fingerprint density at radius 3 is 2.67 bits per heavy atom. The minimum atomic E-state index is -0.387. The number of nitro groups is 1. The molecule has 0 amide bonds. The van der Waals surface area contributed by atoms with Crippen molar-refractivity contribution in [3.63, 3.8) is 0 Å². The summed E-state index contributed by atoms with van der Waals surface area (Å²) >= 11 is 3.39. The molecule has 0 radical (unpaired) electrons. The van der Waals surface area contributed by atoms with Gasteiger partial charge in [-0.25, -0.2) is 0 Å². The molecule has 2 aromatic carbocycles. The fraction of sp³-hybridized carbons (Fsp3) is 0.200. The minimum absolute atomic E-state index is 0.0900. The van der Waals surface area contributed by atoms with Gasteiger partial charge >= 0.3 is 0 Å². The monoisotopic (exact) mass is 350 g/mol. The van der Waals surface area contributed by atoms with Crippen LogP contribution < -0.4 is 9.64 Å². The second-order valence-corrected chi connectivity index (χ2v) is 5.02. The molecule has 0 bridgehead atoms. The molecule has 5 nitrogen and oxygen atoms in total. The van der Waals surface area contributed by atoms with E-state index in [1.54, 1.807) is 19.2 Å². The van der Waals surface area contributed by atoms with Crippen molar-refractivity contribution in [3.8, 4) is 5.75 Å². The number of anilines is 2. The largest absolute Gasteiger partial charge is 0.497 e. The molecule has 0 heterocycles. The second-order valence-electron chi connectivity index (χ2n) is 4.46. The Bertz CT molecular complexity index is 661. The molecule has 6 heteroatoms. The van der Waals surface area contributed by atoms with Gasteiger partial charge in [-0.3, -0.25) is 10.1 Å². The van der Waals surface area contributed by atoms with E-state index in [-0.39, 0.29) is 10.6 Å². The maximum atomic E-state index is 10.9. The molecule has 0 saturated heterocycles. The summed E-state index contributed by atoms with van der Waals surface area (Å²) < 4.78 is 5.22. The van der Waals surface area contributed by atoms with E-state index in [1.165, 1.54) is 6.07 Å². The zero-order chi connectivity index (χ0) is 15.4. The van der Waals surface area contributed by atoms with Crippen molar-refractivity contribution in [1.82, 2.24) is 0 Å². The van der Waals surface area contributed by atoms with Crippen LogP contribution in [0.4, 0.5) is 17.1 Å². The highest BCUT2D eigenvalue weighted by Gasteiger charge is 2.14. The van der Waals surface area contributed by atoms with Gasteiger partial charge in [-0.05, 0) is 23.8 Å². The smallest absolute Gasteiger partial charge is 0.269 e. The summed E-state index contributed by atoms with van der Waals surface area (Å²) in [5.41, 5.74) is 2.80. The predicted molar refractivity (Wildman–Crippen MR) is 86.8 cm³/mol. The van der Waals surface area contributed by atoms with Crippen LogP contribution in [-0.2, 0) is 5.33 Å². The lowest BCUT2D eigenvalue weighted by Crippen LogP contribution is -2.11. The Labute approximate surface area is 131 Å². The summed E-state index contributed by atoms with van der Waals surface area (Å²) in [6, 6.07) is 12.5. The quantitative estimate of drug-likeness (QED) is 0.459. The topological polar surface area (TPSA) is 55.6 Å². The summed E-state index contributed by atoms with van der Waals surface area (Å²) in [5, 5.41) is 11.4. The number of ether oxygens (including phenoxy) is 1. The second kappa shape index (κ2) is 6.58. The highest BCUT2D eigenvalue weighted by atomic mass is 79.9. The Balaban J connectivity index is 2.42. The zero-order valence-electron chi connectivity index (χ0n) is 11.7. The molecule has 0 N–H and O–H groups in total. The first-order valence-electron chi connectivity index (χ1n) is 6.28. The Morgan fingerprint density at radius 2 is 2.05 bits per heavy atom. The van der Waals surface area contributed by atoms with Gasteiger partial charge in [0.25, 0.3) is 5.69 Å². The lowest BCUT2D eigenvalue weighted by molar-refractivity contribution is -0.384. The van der Waals surface area contributed by atoms with Gasteiger partial charge in [-0.15, -0.1) is 0 Å². The Hall–Kier alpha value is -2.08. The molecule has 0 aromatic heterocycles. The SMILES string of the molecule is COc1cccc(N(C)c2ccc([N+](=O)[O-])cc2CBr)c1.